The molecule has 0 bridgehead atoms. The number of hydrogen-bond donors (Lipinski definition) is 0. The molecule has 1 fully saturated rings. The van der Waals surface area contributed by atoms with Crippen LogP contribution in [0.5, 0.6) is 0 Å². The topological polar surface area (TPSA) is 0 Å². The average molecular weight is 252 g/mol. The van der Waals surface area contributed by atoms with E-state index in [-0.39, 0.29) is 0 Å². The summed E-state index contributed by atoms with van der Waals surface area (Å²) >= 11 is 2.53. The zero-order valence-electron chi connectivity index (χ0n) is 6.78. The first kappa shape index (κ1) is 8.82. The van der Waals surface area contributed by atoms with Crippen LogP contribution in [0.2, 0.25) is 0 Å². The van der Waals surface area contributed by atoms with Gasteiger partial charge in [-0.2, -0.15) is 0 Å². The van der Waals surface area contributed by atoms with Crippen LogP contribution in [0.15, 0.2) is 0 Å². The molecular weight excluding hydrogens is 235 g/mol. The lowest BCUT2D eigenvalue weighted by Gasteiger charge is -2.26. The average Bonchev–Trinajstić information content (AvgIpc) is 2.05. The third kappa shape index (κ3) is 2.40. The summed E-state index contributed by atoms with van der Waals surface area (Å²) in [6.45, 7) is 2.33. The normalized spacial score (nSPS) is 34.2. The monoisotopic (exact) mass is 252 g/mol. The third-order valence-electron chi connectivity index (χ3n) is 2.76. The van der Waals surface area contributed by atoms with Gasteiger partial charge in [-0.1, -0.05) is 48.8 Å². The highest BCUT2D eigenvalue weighted by molar-refractivity contribution is 14.1. The summed E-state index contributed by atoms with van der Waals surface area (Å²) in [7, 11) is 0. The molecule has 0 atom stereocenters. The Balaban J connectivity index is 2.17. The van der Waals surface area contributed by atoms with Crippen molar-refractivity contribution in [1.82, 2.24) is 0 Å². The Hall–Kier alpha value is 0.730. The molecule has 0 nitrogen and oxygen atoms in total. The van der Waals surface area contributed by atoms with E-state index in [0.717, 1.165) is 11.8 Å². The minimum absolute atomic E-state index is 1.06. The van der Waals surface area contributed by atoms with Gasteiger partial charge in [0.2, 0.25) is 0 Å². The van der Waals surface area contributed by atoms with Crippen molar-refractivity contribution in [3.05, 3.63) is 0 Å². The van der Waals surface area contributed by atoms with E-state index >= 15 is 0 Å². The quantitative estimate of drug-likeness (QED) is 0.520. The van der Waals surface area contributed by atoms with Crippen LogP contribution in [0.4, 0.5) is 0 Å². The number of alkyl halides is 1. The predicted molar refractivity (Wildman–Crippen MR) is 54.6 cm³/mol. The smallest absolute Gasteiger partial charge is 0.00237 e. The van der Waals surface area contributed by atoms with Crippen molar-refractivity contribution < 1.29 is 0 Å². The van der Waals surface area contributed by atoms with E-state index in [1.54, 1.807) is 0 Å². The van der Waals surface area contributed by atoms with Crippen LogP contribution >= 0.6 is 22.6 Å². The second-order valence-electron chi connectivity index (χ2n) is 3.45. The molecule has 0 heterocycles. The lowest BCUT2D eigenvalue weighted by molar-refractivity contribution is 0.290. The van der Waals surface area contributed by atoms with Crippen LogP contribution < -0.4 is 0 Å². The van der Waals surface area contributed by atoms with Gasteiger partial charge in [-0.05, 0) is 24.7 Å². The molecule has 0 aromatic carbocycles. The Bertz CT molecular complexity index is 70.7. The molecule has 0 aromatic heterocycles. The maximum Gasteiger partial charge on any atom is 0.00237 e. The van der Waals surface area contributed by atoms with Crippen LogP contribution in [-0.4, -0.2) is 4.43 Å². The highest BCUT2D eigenvalue weighted by Gasteiger charge is 2.18. The first-order valence-corrected chi connectivity index (χ1v) is 5.95. The van der Waals surface area contributed by atoms with E-state index < -0.39 is 0 Å². The first-order valence-electron chi connectivity index (χ1n) is 4.42. The van der Waals surface area contributed by atoms with E-state index in [1.165, 1.54) is 36.5 Å². The predicted octanol–water partition coefficient (Wildman–Crippen LogP) is 3.64. The fourth-order valence-corrected chi connectivity index (χ4v) is 2.67. The first-order chi connectivity index (χ1) is 4.86. The van der Waals surface area contributed by atoms with Crippen molar-refractivity contribution >= 4 is 22.6 Å². The standard InChI is InChI=1S/C9H17I/c1-2-8-3-5-9(7-10)6-4-8/h8-9H,2-7H2,1H3/t8-,9+. The Labute approximate surface area is 77.9 Å². The Kier molecular flexibility index (Phi) is 4.04. The van der Waals surface area contributed by atoms with Gasteiger partial charge in [0.05, 0.1) is 0 Å². The lowest BCUT2D eigenvalue weighted by Crippen LogP contribution is -2.14. The molecule has 0 radical (unpaired) electrons. The number of hydrogen-bond acceptors (Lipinski definition) is 0. The van der Waals surface area contributed by atoms with Gasteiger partial charge in [0, 0.05) is 4.43 Å². The molecular formula is C9H17I. The van der Waals surface area contributed by atoms with Crippen molar-refractivity contribution in [1.29, 1.82) is 0 Å². The summed E-state index contributed by atoms with van der Waals surface area (Å²) < 4.78 is 1.38. The second kappa shape index (κ2) is 4.58. The molecule has 0 aromatic rings. The highest BCUT2D eigenvalue weighted by atomic mass is 127. The fraction of sp³-hybridized carbons (Fsp3) is 1.00. The van der Waals surface area contributed by atoms with E-state index in [0.29, 0.717) is 0 Å². The number of rotatable bonds is 2. The molecule has 1 saturated carbocycles. The van der Waals surface area contributed by atoms with Crippen LogP contribution in [-0.2, 0) is 0 Å². The Morgan fingerprint density at radius 3 is 2.00 bits per heavy atom. The second-order valence-corrected chi connectivity index (χ2v) is 4.33. The molecule has 0 amide bonds. The summed E-state index contributed by atoms with van der Waals surface area (Å²) in [5.74, 6) is 2.13. The maximum absolute atomic E-state index is 2.53. The maximum atomic E-state index is 2.53. The van der Waals surface area contributed by atoms with Crippen molar-refractivity contribution in [2.45, 2.75) is 39.0 Å². The molecule has 0 aliphatic heterocycles. The Morgan fingerprint density at radius 2 is 1.60 bits per heavy atom. The Morgan fingerprint density at radius 1 is 1.10 bits per heavy atom. The van der Waals surface area contributed by atoms with Gasteiger partial charge >= 0.3 is 0 Å². The van der Waals surface area contributed by atoms with Gasteiger partial charge in [-0.15, -0.1) is 0 Å². The number of halogens is 1. The van der Waals surface area contributed by atoms with Gasteiger partial charge in [-0.25, -0.2) is 0 Å². The molecule has 1 aliphatic rings. The van der Waals surface area contributed by atoms with E-state index in [9.17, 15) is 0 Å². The molecule has 1 aliphatic carbocycles. The van der Waals surface area contributed by atoms with Crippen molar-refractivity contribution in [2.24, 2.45) is 11.8 Å². The zero-order chi connectivity index (χ0) is 7.40. The SMILES string of the molecule is CC[C@H]1CC[C@@H](CI)CC1. The molecule has 60 valence electrons. The summed E-state index contributed by atoms with van der Waals surface area (Å²) in [4.78, 5) is 0. The molecule has 0 unspecified atom stereocenters. The third-order valence-corrected chi connectivity index (χ3v) is 4.01. The molecule has 10 heavy (non-hydrogen) atoms. The summed E-state index contributed by atoms with van der Waals surface area (Å²) in [5, 5.41) is 0. The lowest BCUT2D eigenvalue weighted by atomic mass is 9.82. The highest BCUT2D eigenvalue weighted by Crippen LogP contribution is 2.31. The molecule has 0 spiro atoms. The summed E-state index contributed by atoms with van der Waals surface area (Å²) in [6, 6.07) is 0. The van der Waals surface area contributed by atoms with Crippen LogP contribution in [0, 0.1) is 11.8 Å². The van der Waals surface area contributed by atoms with E-state index in [4.69, 9.17) is 0 Å². The van der Waals surface area contributed by atoms with Gasteiger partial charge in [0.25, 0.3) is 0 Å². The summed E-state index contributed by atoms with van der Waals surface area (Å²) in [5.41, 5.74) is 0. The van der Waals surface area contributed by atoms with E-state index in [1.807, 2.05) is 0 Å². The van der Waals surface area contributed by atoms with Gasteiger partial charge in [0.1, 0.15) is 0 Å². The van der Waals surface area contributed by atoms with E-state index in [2.05, 4.69) is 29.5 Å². The van der Waals surface area contributed by atoms with Gasteiger partial charge in [0.15, 0.2) is 0 Å². The molecule has 1 heteroatoms. The molecule has 0 N–H and O–H groups in total. The minimum Gasteiger partial charge on any atom is -0.0861 e. The van der Waals surface area contributed by atoms with Gasteiger partial charge < -0.3 is 0 Å². The van der Waals surface area contributed by atoms with Crippen LogP contribution in [0.25, 0.3) is 0 Å². The molecule has 1 rings (SSSR count). The van der Waals surface area contributed by atoms with Crippen molar-refractivity contribution in [2.75, 3.05) is 4.43 Å². The van der Waals surface area contributed by atoms with Crippen LogP contribution in [0.1, 0.15) is 39.0 Å². The van der Waals surface area contributed by atoms with Crippen molar-refractivity contribution in [3.8, 4) is 0 Å². The van der Waals surface area contributed by atoms with Gasteiger partial charge in [-0.3, -0.25) is 0 Å². The minimum atomic E-state index is 1.06. The fourth-order valence-electron chi connectivity index (χ4n) is 1.79. The molecule has 0 saturated heterocycles. The van der Waals surface area contributed by atoms with Crippen LogP contribution in [0.3, 0.4) is 0 Å². The van der Waals surface area contributed by atoms with Crippen molar-refractivity contribution in [3.63, 3.8) is 0 Å². The largest absolute Gasteiger partial charge is 0.0861 e. The summed E-state index contributed by atoms with van der Waals surface area (Å²) in [6.07, 6.45) is 7.42. The zero-order valence-corrected chi connectivity index (χ0v) is 8.93.